The molecule has 1 saturated carbocycles. The normalized spacial score (nSPS) is 29.5. The molecule has 0 spiro atoms. The maximum Gasteiger partial charge on any atom is 0.307 e. The van der Waals surface area contributed by atoms with E-state index in [1.54, 1.807) is 0 Å². The molecule has 3 rings (SSSR count). The maximum absolute atomic E-state index is 12.3. The van der Waals surface area contributed by atoms with Crippen LogP contribution in [0, 0.1) is 23.7 Å². The van der Waals surface area contributed by atoms with Crippen LogP contribution in [0.25, 0.3) is 0 Å². The zero-order valence-electron chi connectivity index (χ0n) is 11.7. The van der Waals surface area contributed by atoms with Crippen molar-refractivity contribution in [2.24, 2.45) is 23.7 Å². The van der Waals surface area contributed by atoms with Crippen LogP contribution in [-0.2, 0) is 16.0 Å². The van der Waals surface area contributed by atoms with Gasteiger partial charge in [0.1, 0.15) is 0 Å². The van der Waals surface area contributed by atoms with E-state index in [4.69, 9.17) is 0 Å². The van der Waals surface area contributed by atoms with Crippen molar-refractivity contribution in [2.45, 2.75) is 12.8 Å². The van der Waals surface area contributed by atoms with Gasteiger partial charge in [0.25, 0.3) is 0 Å². The Bertz CT molecular complexity index is 567. The van der Waals surface area contributed by atoms with Crippen LogP contribution in [0.2, 0.25) is 0 Å². The number of carboxylic acids is 1. The topological polar surface area (TPSA) is 66.4 Å². The van der Waals surface area contributed by atoms with Crippen molar-refractivity contribution in [2.75, 3.05) is 6.54 Å². The standard InChI is InChI=1S/C17H19NO3/c19-16(18-9-8-11-4-2-1-3-5-11)14-12-6-7-13(10-12)15(14)17(20)21/h1-7,12-15H,8-10H2,(H,18,19)(H,20,21)/t12-,13+,14-,15-/m0/s1. The summed E-state index contributed by atoms with van der Waals surface area (Å²) in [5.74, 6) is -1.82. The molecule has 21 heavy (non-hydrogen) atoms. The summed E-state index contributed by atoms with van der Waals surface area (Å²) in [5, 5.41) is 12.3. The third-order valence-corrected chi connectivity index (χ3v) is 4.60. The Morgan fingerprint density at radius 2 is 1.76 bits per heavy atom. The predicted octanol–water partition coefficient (Wildman–Crippen LogP) is 1.87. The summed E-state index contributed by atoms with van der Waals surface area (Å²) in [7, 11) is 0. The van der Waals surface area contributed by atoms with Gasteiger partial charge in [-0.3, -0.25) is 9.59 Å². The number of hydrogen-bond acceptors (Lipinski definition) is 2. The van der Waals surface area contributed by atoms with Gasteiger partial charge >= 0.3 is 5.97 Å². The van der Waals surface area contributed by atoms with Gasteiger partial charge in [0, 0.05) is 6.54 Å². The molecule has 2 N–H and O–H groups in total. The molecule has 4 heteroatoms. The number of benzene rings is 1. The molecule has 1 aromatic carbocycles. The summed E-state index contributed by atoms with van der Waals surface area (Å²) >= 11 is 0. The van der Waals surface area contributed by atoms with Crippen LogP contribution < -0.4 is 5.32 Å². The number of hydrogen-bond donors (Lipinski definition) is 2. The minimum absolute atomic E-state index is 0.0253. The second kappa shape index (κ2) is 5.72. The summed E-state index contributed by atoms with van der Waals surface area (Å²) < 4.78 is 0. The Hall–Kier alpha value is -2.10. The highest BCUT2D eigenvalue weighted by molar-refractivity contribution is 5.86. The summed E-state index contributed by atoms with van der Waals surface area (Å²) in [6, 6.07) is 9.94. The van der Waals surface area contributed by atoms with E-state index in [0.717, 1.165) is 12.8 Å². The van der Waals surface area contributed by atoms with Gasteiger partial charge in [-0.1, -0.05) is 42.5 Å². The highest BCUT2D eigenvalue weighted by Crippen LogP contribution is 2.48. The monoisotopic (exact) mass is 285 g/mol. The third kappa shape index (κ3) is 2.71. The SMILES string of the molecule is O=C(O)[C@@H]1[C@@H](C(=O)NCCc2ccccc2)[C@H]2C=C[C@@H]1C2. The average Bonchev–Trinajstić information content (AvgIpc) is 3.08. The molecule has 1 fully saturated rings. The molecule has 0 unspecified atom stereocenters. The van der Waals surface area contributed by atoms with E-state index >= 15 is 0 Å². The predicted molar refractivity (Wildman–Crippen MR) is 78.5 cm³/mol. The molecule has 1 aromatic rings. The third-order valence-electron chi connectivity index (χ3n) is 4.60. The average molecular weight is 285 g/mol. The van der Waals surface area contributed by atoms with Crippen molar-refractivity contribution in [3.63, 3.8) is 0 Å². The number of nitrogens with one attached hydrogen (secondary N) is 1. The summed E-state index contributed by atoms with van der Waals surface area (Å²) in [6.07, 6.45) is 5.53. The molecule has 1 amide bonds. The molecular weight excluding hydrogens is 266 g/mol. The van der Waals surface area contributed by atoms with E-state index < -0.39 is 17.8 Å². The fourth-order valence-electron chi connectivity index (χ4n) is 3.61. The van der Waals surface area contributed by atoms with Crippen LogP contribution in [0.15, 0.2) is 42.5 Å². The van der Waals surface area contributed by atoms with Gasteiger partial charge in [-0.25, -0.2) is 0 Å². The lowest BCUT2D eigenvalue weighted by molar-refractivity contribution is -0.147. The van der Waals surface area contributed by atoms with Gasteiger partial charge in [-0.15, -0.1) is 0 Å². The minimum Gasteiger partial charge on any atom is -0.481 e. The van der Waals surface area contributed by atoms with Crippen LogP contribution in [0.3, 0.4) is 0 Å². The Morgan fingerprint density at radius 1 is 1.10 bits per heavy atom. The summed E-state index contributed by atoms with van der Waals surface area (Å²) in [6.45, 7) is 0.548. The van der Waals surface area contributed by atoms with Gasteiger partial charge in [-0.05, 0) is 30.2 Å². The number of allylic oxidation sites excluding steroid dienone is 2. The van der Waals surface area contributed by atoms with Crippen molar-refractivity contribution in [1.82, 2.24) is 5.32 Å². The highest BCUT2D eigenvalue weighted by Gasteiger charge is 2.51. The molecule has 0 radical (unpaired) electrons. The number of aliphatic carboxylic acids is 1. The van der Waals surface area contributed by atoms with Crippen molar-refractivity contribution < 1.29 is 14.7 Å². The summed E-state index contributed by atoms with van der Waals surface area (Å²) in [4.78, 5) is 23.7. The first kappa shape index (κ1) is 13.9. The van der Waals surface area contributed by atoms with Crippen LogP contribution in [0.1, 0.15) is 12.0 Å². The van der Waals surface area contributed by atoms with Gasteiger partial charge in [0.2, 0.25) is 5.91 Å². The first-order valence-corrected chi connectivity index (χ1v) is 7.39. The lowest BCUT2D eigenvalue weighted by Gasteiger charge is -2.23. The molecule has 4 atom stereocenters. The van der Waals surface area contributed by atoms with Crippen LogP contribution in [0.5, 0.6) is 0 Å². The molecule has 4 nitrogen and oxygen atoms in total. The molecule has 2 aliphatic rings. The lowest BCUT2D eigenvalue weighted by Crippen LogP contribution is -2.40. The Kier molecular flexibility index (Phi) is 3.78. The largest absolute Gasteiger partial charge is 0.481 e. The Labute approximate surface area is 123 Å². The van der Waals surface area contributed by atoms with Crippen molar-refractivity contribution in [1.29, 1.82) is 0 Å². The maximum atomic E-state index is 12.3. The molecule has 2 aliphatic carbocycles. The highest BCUT2D eigenvalue weighted by atomic mass is 16.4. The zero-order chi connectivity index (χ0) is 14.8. The molecule has 0 aliphatic heterocycles. The zero-order valence-corrected chi connectivity index (χ0v) is 11.7. The Balaban J connectivity index is 1.58. The van der Waals surface area contributed by atoms with Gasteiger partial charge in [-0.2, -0.15) is 0 Å². The van der Waals surface area contributed by atoms with E-state index in [1.165, 1.54) is 5.56 Å². The van der Waals surface area contributed by atoms with E-state index in [2.05, 4.69) is 5.32 Å². The molecule has 0 heterocycles. The van der Waals surface area contributed by atoms with Crippen LogP contribution >= 0.6 is 0 Å². The molecule has 2 bridgehead atoms. The van der Waals surface area contributed by atoms with Gasteiger partial charge < -0.3 is 10.4 Å². The van der Waals surface area contributed by atoms with E-state index in [-0.39, 0.29) is 17.7 Å². The van der Waals surface area contributed by atoms with Crippen molar-refractivity contribution in [3.8, 4) is 0 Å². The minimum atomic E-state index is -0.852. The smallest absolute Gasteiger partial charge is 0.307 e. The fraction of sp³-hybridized carbons (Fsp3) is 0.412. The fourth-order valence-corrected chi connectivity index (χ4v) is 3.61. The number of carbonyl (C=O) groups is 2. The molecule has 0 saturated heterocycles. The van der Waals surface area contributed by atoms with E-state index in [9.17, 15) is 14.7 Å². The van der Waals surface area contributed by atoms with E-state index in [0.29, 0.717) is 6.54 Å². The molecule has 0 aromatic heterocycles. The van der Waals surface area contributed by atoms with Crippen molar-refractivity contribution >= 4 is 11.9 Å². The van der Waals surface area contributed by atoms with Crippen molar-refractivity contribution in [3.05, 3.63) is 48.0 Å². The van der Waals surface area contributed by atoms with E-state index in [1.807, 2.05) is 42.5 Å². The Morgan fingerprint density at radius 3 is 2.43 bits per heavy atom. The van der Waals surface area contributed by atoms with Crippen LogP contribution in [-0.4, -0.2) is 23.5 Å². The second-order valence-electron chi connectivity index (χ2n) is 5.86. The number of fused-ring (bicyclic) bond motifs is 2. The number of amides is 1. The summed E-state index contributed by atoms with van der Waals surface area (Å²) in [5.41, 5.74) is 1.17. The number of carboxylic acid groups (broad SMARTS) is 1. The molecule has 110 valence electrons. The number of rotatable bonds is 5. The lowest BCUT2D eigenvalue weighted by atomic mass is 9.82. The molecular formula is C17H19NO3. The van der Waals surface area contributed by atoms with Crippen LogP contribution in [0.4, 0.5) is 0 Å². The first-order chi connectivity index (χ1) is 10.2. The quantitative estimate of drug-likeness (QED) is 0.812. The van der Waals surface area contributed by atoms with Gasteiger partial charge in [0.05, 0.1) is 11.8 Å². The first-order valence-electron chi connectivity index (χ1n) is 7.39. The number of carbonyl (C=O) groups excluding carboxylic acids is 1. The van der Waals surface area contributed by atoms with Gasteiger partial charge in [0.15, 0.2) is 0 Å². The second-order valence-corrected chi connectivity index (χ2v) is 5.86.